The Morgan fingerprint density at radius 2 is 1.93 bits per heavy atom. The van der Waals surface area contributed by atoms with E-state index in [1.54, 1.807) is 30.1 Å². The van der Waals surface area contributed by atoms with Crippen LogP contribution in [0.25, 0.3) is 22.3 Å². The molecule has 1 aliphatic rings. The second-order valence-corrected chi connectivity index (χ2v) is 7.29. The van der Waals surface area contributed by atoms with E-state index in [1.807, 2.05) is 13.0 Å². The molecule has 0 radical (unpaired) electrons. The van der Waals surface area contributed by atoms with Crippen molar-refractivity contribution in [3.8, 4) is 11.3 Å². The molecule has 1 fully saturated rings. The van der Waals surface area contributed by atoms with Crippen LogP contribution in [0.2, 0.25) is 0 Å². The molecule has 1 heterocycles. The number of halogens is 1. The van der Waals surface area contributed by atoms with Gasteiger partial charge in [-0.25, -0.2) is 9.18 Å². The lowest BCUT2D eigenvalue weighted by Gasteiger charge is -2.22. The van der Waals surface area contributed by atoms with E-state index in [0.29, 0.717) is 40.3 Å². The van der Waals surface area contributed by atoms with Crippen LogP contribution in [0, 0.1) is 5.82 Å². The van der Waals surface area contributed by atoms with Gasteiger partial charge in [-0.05, 0) is 61.6 Å². The lowest BCUT2D eigenvalue weighted by atomic mass is 10.00. The molecule has 1 saturated carbocycles. The molecule has 1 aliphatic carbocycles. The topological polar surface area (TPSA) is 71.8 Å². The van der Waals surface area contributed by atoms with Crippen molar-refractivity contribution in [2.75, 3.05) is 25.6 Å². The molecule has 2 amide bonds. The molecular weight excluding hydrogens is 387 g/mol. The van der Waals surface area contributed by atoms with Crippen molar-refractivity contribution in [3.63, 3.8) is 0 Å². The summed E-state index contributed by atoms with van der Waals surface area (Å²) in [4.78, 5) is 26.6. The van der Waals surface area contributed by atoms with E-state index in [1.165, 1.54) is 19.2 Å². The van der Waals surface area contributed by atoms with Crippen LogP contribution in [0.4, 0.5) is 14.9 Å². The zero-order chi connectivity index (χ0) is 21.4. The summed E-state index contributed by atoms with van der Waals surface area (Å²) in [6.07, 6.45) is 1.60. The molecule has 0 atom stereocenters. The Kier molecular flexibility index (Phi) is 5.20. The number of fused-ring (bicyclic) bond motifs is 1. The van der Waals surface area contributed by atoms with E-state index < -0.39 is 6.09 Å². The van der Waals surface area contributed by atoms with Crippen LogP contribution in [0.15, 0.2) is 40.8 Å². The number of furan rings is 1. The number of ether oxygens (including phenoxy) is 1. The van der Waals surface area contributed by atoms with Crippen molar-refractivity contribution in [3.05, 3.63) is 53.3 Å². The van der Waals surface area contributed by atoms with Crippen LogP contribution in [0.5, 0.6) is 0 Å². The molecule has 1 aromatic heterocycles. The molecule has 0 bridgehead atoms. The quantitative estimate of drug-likeness (QED) is 0.638. The normalized spacial score (nSPS) is 13.3. The highest BCUT2D eigenvalue weighted by molar-refractivity contribution is 6.12. The van der Waals surface area contributed by atoms with Crippen LogP contribution >= 0.6 is 0 Å². The van der Waals surface area contributed by atoms with E-state index in [2.05, 4.69) is 5.32 Å². The van der Waals surface area contributed by atoms with Crippen LogP contribution < -0.4 is 10.2 Å². The zero-order valence-corrected chi connectivity index (χ0v) is 17.1. The van der Waals surface area contributed by atoms with Gasteiger partial charge in [-0.1, -0.05) is 0 Å². The maximum Gasteiger partial charge on any atom is 0.413 e. The third-order valence-corrected chi connectivity index (χ3v) is 5.42. The maximum absolute atomic E-state index is 13.4. The van der Waals surface area contributed by atoms with Gasteiger partial charge in [-0.3, -0.25) is 9.69 Å². The fourth-order valence-electron chi connectivity index (χ4n) is 3.77. The average molecular weight is 410 g/mol. The molecule has 4 rings (SSSR count). The highest BCUT2D eigenvalue weighted by Crippen LogP contribution is 2.47. The Morgan fingerprint density at radius 1 is 1.23 bits per heavy atom. The summed E-state index contributed by atoms with van der Waals surface area (Å²) in [6.45, 7) is 2.31. The first-order valence-electron chi connectivity index (χ1n) is 9.92. The number of nitrogens with one attached hydrogen (secondary N) is 1. The van der Waals surface area contributed by atoms with Gasteiger partial charge in [0.05, 0.1) is 18.4 Å². The molecule has 7 heteroatoms. The number of carbonyl (C=O) groups excluding carboxylic acids is 2. The van der Waals surface area contributed by atoms with Crippen molar-refractivity contribution >= 4 is 28.7 Å². The van der Waals surface area contributed by atoms with Gasteiger partial charge in [0.15, 0.2) is 0 Å². The largest absolute Gasteiger partial charge is 0.455 e. The molecule has 156 valence electrons. The fourth-order valence-corrected chi connectivity index (χ4v) is 3.77. The lowest BCUT2D eigenvalue weighted by Crippen LogP contribution is -2.31. The zero-order valence-electron chi connectivity index (χ0n) is 17.1. The molecule has 6 nitrogen and oxygen atoms in total. The summed E-state index contributed by atoms with van der Waals surface area (Å²) in [7, 11) is 2.91. The molecule has 1 N–H and O–H groups in total. The second-order valence-electron chi connectivity index (χ2n) is 7.29. The van der Waals surface area contributed by atoms with Gasteiger partial charge in [-0.15, -0.1) is 0 Å². The minimum absolute atomic E-state index is 0.289. The first kappa shape index (κ1) is 19.9. The lowest BCUT2D eigenvalue weighted by molar-refractivity contribution is 0.0964. The summed E-state index contributed by atoms with van der Waals surface area (Å²) in [5, 5.41) is 3.33. The maximum atomic E-state index is 13.4. The molecule has 0 unspecified atom stereocenters. The molecule has 0 spiro atoms. The number of hydrogen-bond donors (Lipinski definition) is 1. The van der Waals surface area contributed by atoms with Crippen LogP contribution in [-0.4, -0.2) is 32.7 Å². The highest BCUT2D eigenvalue weighted by Gasteiger charge is 2.32. The predicted octanol–water partition coefficient (Wildman–Crippen LogP) is 5.07. The summed E-state index contributed by atoms with van der Waals surface area (Å²) in [5.41, 5.74) is 3.19. The van der Waals surface area contributed by atoms with Gasteiger partial charge in [0.1, 0.15) is 17.2 Å². The molecule has 30 heavy (non-hydrogen) atoms. The second kappa shape index (κ2) is 7.82. The number of amides is 2. The monoisotopic (exact) mass is 410 g/mol. The molecular formula is C23H23FN2O4. The van der Waals surface area contributed by atoms with Gasteiger partial charge >= 0.3 is 6.09 Å². The Bertz CT molecular complexity index is 1120. The van der Waals surface area contributed by atoms with Crippen LogP contribution in [0.3, 0.4) is 0 Å². The number of methoxy groups -OCH3 is 1. The minimum Gasteiger partial charge on any atom is -0.455 e. The summed E-state index contributed by atoms with van der Waals surface area (Å²) in [6, 6.07) is 9.54. The van der Waals surface area contributed by atoms with E-state index in [4.69, 9.17) is 9.15 Å². The smallest absolute Gasteiger partial charge is 0.413 e. The van der Waals surface area contributed by atoms with Gasteiger partial charge in [0.2, 0.25) is 0 Å². The van der Waals surface area contributed by atoms with Crippen LogP contribution in [0.1, 0.15) is 41.6 Å². The van der Waals surface area contributed by atoms with Gasteiger partial charge in [0.25, 0.3) is 5.91 Å². The van der Waals surface area contributed by atoms with E-state index >= 15 is 0 Å². The number of hydrogen-bond acceptors (Lipinski definition) is 4. The predicted molar refractivity (Wildman–Crippen MR) is 112 cm³/mol. The molecule has 3 aromatic rings. The average Bonchev–Trinajstić information content (AvgIpc) is 3.54. The third-order valence-electron chi connectivity index (χ3n) is 5.42. The number of carbonyl (C=O) groups is 2. The fraction of sp³-hybridized carbons (Fsp3) is 0.304. The van der Waals surface area contributed by atoms with Crippen molar-refractivity contribution in [2.24, 2.45) is 0 Å². The number of benzene rings is 2. The molecule has 0 saturated heterocycles. The molecule has 0 aliphatic heterocycles. The van der Waals surface area contributed by atoms with E-state index in [9.17, 15) is 14.0 Å². The van der Waals surface area contributed by atoms with Crippen molar-refractivity contribution < 1.29 is 23.1 Å². The van der Waals surface area contributed by atoms with E-state index in [-0.39, 0.29) is 11.7 Å². The Balaban J connectivity index is 1.97. The first-order chi connectivity index (χ1) is 14.5. The minimum atomic E-state index is -0.449. The van der Waals surface area contributed by atoms with Crippen molar-refractivity contribution in [1.29, 1.82) is 0 Å². The third kappa shape index (κ3) is 3.40. The van der Waals surface area contributed by atoms with Crippen molar-refractivity contribution in [1.82, 2.24) is 5.32 Å². The van der Waals surface area contributed by atoms with Gasteiger partial charge in [-0.2, -0.15) is 0 Å². The Morgan fingerprint density at radius 3 is 2.50 bits per heavy atom. The number of nitrogens with zero attached hydrogens (tertiary/aromatic N) is 1. The number of anilines is 1. The summed E-state index contributed by atoms with van der Waals surface area (Å²) >= 11 is 0. The van der Waals surface area contributed by atoms with Gasteiger partial charge < -0.3 is 14.5 Å². The Labute approximate surface area is 173 Å². The first-order valence-corrected chi connectivity index (χ1v) is 9.92. The van der Waals surface area contributed by atoms with E-state index in [0.717, 1.165) is 24.1 Å². The molecule has 2 aromatic carbocycles. The summed E-state index contributed by atoms with van der Waals surface area (Å²) < 4.78 is 24.4. The highest BCUT2D eigenvalue weighted by atomic mass is 19.1. The standard InChI is InChI=1S/C23H23FN2O4/c1-4-26(23(28)29-3)18-12-19-17(11-16(18)13-5-6-13)20(22(27)25-2)21(30-19)14-7-9-15(24)10-8-14/h7-13H,4-6H2,1-3H3,(H,25,27). The van der Waals surface area contributed by atoms with Gasteiger partial charge in [0, 0.05) is 30.6 Å². The van der Waals surface area contributed by atoms with Crippen molar-refractivity contribution in [2.45, 2.75) is 25.7 Å². The SMILES string of the molecule is CCN(C(=O)OC)c1cc2oc(-c3ccc(F)cc3)c(C(=O)NC)c2cc1C1CC1. The summed E-state index contributed by atoms with van der Waals surface area (Å²) in [5.74, 6) is 0.0309. The Hall–Kier alpha value is -3.35. The number of rotatable bonds is 5. The van der Waals surface area contributed by atoms with Crippen LogP contribution in [-0.2, 0) is 4.74 Å².